The van der Waals surface area contributed by atoms with Gasteiger partial charge in [-0.25, -0.2) is 8.78 Å². The highest BCUT2D eigenvalue weighted by Crippen LogP contribution is 2.30. The van der Waals surface area contributed by atoms with Crippen LogP contribution in [0.3, 0.4) is 0 Å². The summed E-state index contributed by atoms with van der Waals surface area (Å²) in [5, 5.41) is 7.03. The fraction of sp³-hybridized carbons (Fsp3) is 0.412. The third kappa shape index (κ3) is 3.03. The van der Waals surface area contributed by atoms with Crippen LogP contribution in [0.1, 0.15) is 47.3 Å². The van der Waals surface area contributed by atoms with Crippen LogP contribution in [0.15, 0.2) is 18.2 Å². The number of fused-ring (bicyclic) bond motifs is 1. The largest absolute Gasteiger partial charge is 0.369 e. The minimum Gasteiger partial charge on any atom is -0.369 e. The number of aromatic amines is 1. The van der Waals surface area contributed by atoms with Gasteiger partial charge in [0.25, 0.3) is 5.91 Å². The Kier molecular flexibility index (Phi) is 4.36. The van der Waals surface area contributed by atoms with E-state index in [0.717, 1.165) is 23.4 Å². The number of rotatable bonds is 3. The lowest BCUT2D eigenvalue weighted by Gasteiger charge is -2.25. The van der Waals surface area contributed by atoms with E-state index in [1.807, 2.05) is 13.8 Å². The van der Waals surface area contributed by atoms with Crippen LogP contribution in [-0.4, -0.2) is 34.2 Å². The molecule has 0 radical (unpaired) electrons. The number of carbonyl (C=O) groups excluding carboxylic acids is 1. The van der Waals surface area contributed by atoms with Gasteiger partial charge in [-0.1, -0.05) is 6.07 Å². The molecule has 2 aromatic rings. The molecule has 1 N–H and O–H groups in total. The Morgan fingerprint density at radius 1 is 1.38 bits per heavy atom. The molecule has 1 aromatic heterocycles. The van der Waals surface area contributed by atoms with E-state index >= 15 is 0 Å². The first-order chi connectivity index (χ1) is 11.4. The number of H-pyrrole nitrogens is 1. The van der Waals surface area contributed by atoms with Crippen molar-refractivity contribution in [3.8, 4) is 0 Å². The van der Waals surface area contributed by atoms with Gasteiger partial charge in [-0.15, -0.1) is 0 Å². The van der Waals surface area contributed by atoms with E-state index in [9.17, 15) is 13.6 Å². The topological polar surface area (TPSA) is 58.2 Å². The van der Waals surface area contributed by atoms with Crippen LogP contribution in [0.4, 0.5) is 8.78 Å². The Bertz CT molecular complexity index is 775. The lowest BCUT2D eigenvalue weighted by molar-refractivity contribution is -0.00701. The molecule has 1 aliphatic heterocycles. The third-order valence-corrected chi connectivity index (χ3v) is 4.19. The highest BCUT2D eigenvalue weighted by molar-refractivity contribution is 5.94. The van der Waals surface area contributed by atoms with Crippen LogP contribution in [0, 0.1) is 11.6 Å². The van der Waals surface area contributed by atoms with Crippen LogP contribution in [0.2, 0.25) is 0 Å². The molecule has 0 fully saturated rings. The van der Waals surface area contributed by atoms with Crippen molar-refractivity contribution < 1.29 is 18.3 Å². The normalized spacial score (nSPS) is 19.9. The van der Waals surface area contributed by atoms with E-state index in [1.165, 1.54) is 11.0 Å². The van der Waals surface area contributed by atoms with E-state index in [2.05, 4.69) is 10.2 Å². The molecule has 1 aliphatic rings. The zero-order valence-electron chi connectivity index (χ0n) is 13.8. The molecule has 2 heterocycles. The van der Waals surface area contributed by atoms with Crippen LogP contribution in [-0.2, 0) is 17.7 Å². The van der Waals surface area contributed by atoms with Crippen LogP contribution in [0.25, 0.3) is 0 Å². The summed E-state index contributed by atoms with van der Waals surface area (Å²) in [5.74, 6) is -2.10. The molecule has 0 aliphatic carbocycles. The fourth-order valence-electron chi connectivity index (χ4n) is 3.01. The first kappa shape index (κ1) is 16.6. The quantitative estimate of drug-likeness (QED) is 0.938. The average molecular weight is 335 g/mol. The van der Waals surface area contributed by atoms with Crippen molar-refractivity contribution in [2.24, 2.45) is 0 Å². The molecule has 3 rings (SSSR count). The zero-order chi connectivity index (χ0) is 17.4. The van der Waals surface area contributed by atoms with E-state index in [0.29, 0.717) is 17.7 Å². The van der Waals surface area contributed by atoms with E-state index < -0.39 is 11.6 Å². The molecule has 1 aromatic carbocycles. The first-order valence-corrected chi connectivity index (χ1v) is 7.78. The predicted molar refractivity (Wildman–Crippen MR) is 83.4 cm³/mol. The van der Waals surface area contributed by atoms with Gasteiger partial charge in [0, 0.05) is 25.6 Å². The van der Waals surface area contributed by atoms with Gasteiger partial charge in [-0.3, -0.25) is 9.89 Å². The number of aromatic nitrogens is 2. The van der Waals surface area contributed by atoms with Crippen molar-refractivity contribution in [3.63, 3.8) is 0 Å². The Morgan fingerprint density at radius 2 is 2.12 bits per heavy atom. The van der Waals surface area contributed by atoms with Crippen molar-refractivity contribution in [1.82, 2.24) is 15.1 Å². The maximum Gasteiger partial charge on any atom is 0.274 e. The minimum absolute atomic E-state index is 0.00755. The van der Waals surface area contributed by atoms with Crippen LogP contribution in [0.5, 0.6) is 0 Å². The molecule has 7 heteroatoms. The number of halogens is 2. The van der Waals surface area contributed by atoms with Crippen molar-refractivity contribution in [3.05, 3.63) is 52.3 Å². The van der Waals surface area contributed by atoms with Crippen molar-refractivity contribution in [2.45, 2.75) is 39.0 Å². The molecular weight excluding hydrogens is 316 g/mol. The Hall–Kier alpha value is -2.28. The number of amides is 1. The Labute approximate surface area is 138 Å². The molecule has 0 spiro atoms. The molecule has 128 valence electrons. The predicted octanol–water partition coefficient (Wildman–Crippen LogP) is 2.98. The Balaban J connectivity index is 1.80. The minimum atomic E-state index is -0.926. The molecule has 0 saturated heterocycles. The van der Waals surface area contributed by atoms with Gasteiger partial charge in [0.2, 0.25) is 0 Å². The maximum atomic E-state index is 13.3. The van der Waals surface area contributed by atoms with E-state index in [1.54, 1.807) is 7.05 Å². The highest BCUT2D eigenvalue weighted by atomic mass is 19.2. The number of ether oxygens (including phenoxy) is 1. The van der Waals surface area contributed by atoms with Crippen molar-refractivity contribution in [1.29, 1.82) is 0 Å². The molecule has 0 saturated carbocycles. The molecule has 0 bridgehead atoms. The second kappa shape index (κ2) is 6.32. The van der Waals surface area contributed by atoms with Gasteiger partial charge in [0.15, 0.2) is 17.3 Å². The number of hydrogen-bond donors (Lipinski definition) is 1. The molecular formula is C17H19F2N3O2. The Morgan fingerprint density at radius 3 is 2.83 bits per heavy atom. The summed E-state index contributed by atoms with van der Waals surface area (Å²) >= 11 is 0. The SMILES string of the molecule is C[C@@H]1Cc2c(C(=O)N(C)Cc3ccc(F)c(F)c3)n[nH]c2[C@H](C)O1. The monoisotopic (exact) mass is 335 g/mol. The van der Waals surface area contributed by atoms with Crippen molar-refractivity contribution in [2.75, 3.05) is 7.05 Å². The van der Waals surface area contributed by atoms with Crippen LogP contribution >= 0.6 is 0 Å². The van der Waals surface area contributed by atoms with Gasteiger partial charge in [-0.05, 0) is 31.5 Å². The number of benzene rings is 1. The number of nitrogens with zero attached hydrogens (tertiary/aromatic N) is 2. The van der Waals surface area contributed by atoms with E-state index in [4.69, 9.17) is 4.74 Å². The first-order valence-electron chi connectivity index (χ1n) is 7.78. The molecule has 24 heavy (non-hydrogen) atoms. The number of nitrogens with one attached hydrogen (secondary N) is 1. The van der Waals surface area contributed by atoms with Crippen molar-refractivity contribution >= 4 is 5.91 Å². The van der Waals surface area contributed by atoms with Gasteiger partial charge in [0.1, 0.15) is 0 Å². The maximum absolute atomic E-state index is 13.3. The number of carbonyl (C=O) groups is 1. The summed E-state index contributed by atoms with van der Waals surface area (Å²) in [5.41, 5.74) is 2.55. The highest BCUT2D eigenvalue weighted by Gasteiger charge is 2.30. The van der Waals surface area contributed by atoms with Gasteiger partial charge in [-0.2, -0.15) is 5.10 Å². The van der Waals surface area contributed by atoms with Gasteiger partial charge < -0.3 is 9.64 Å². The molecule has 5 nitrogen and oxygen atoms in total. The lowest BCUT2D eigenvalue weighted by Crippen LogP contribution is -2.29. The smallest absolute Gasteiger partial charge is 0.274 e. The summed E-state index contributed by atoms with van der Waals surface area (Å²) in [4.78, 5) is 14.1. The lowest BCUT2D eigenvalue weighted by atomic mass is 9.99. The summed E-state index contributed by atoms with van der Waals surface area (Å²) < 4.78 is 32.0. The fourth-order valence-corrected chi connectivity index (χ4v) is 3.01. The summed E-state index contributed by atoms with van der Waals surface area (Å²) in [6.07, 6.45) is 0.471. The number of hydrogen-bond acceptors (Lipinski definition) is 3. The standard InChI is InChI=1S/C17H19F2N3O2/c1-9-6-12-15(10(2)24-9)20-21-16(12)17(23)22(3)8-11-4-5-13(18)14(19)7-11/h4-5,7,9-10H,6,8H2,1-3H3,(H,20,21)/t9-,10+/m1/s1. The second-order valence-electron chi connectivity index (χ2n) is 6.17. The van der Waals surface area contributed by atoms with E-state index in [-0.39, 0.29) is 24.7 Å². The van der Waals surface area contributed by atoms with Gasteiger partial charge in [0.05, 0.1) is 17.9 Å². The third-order valence-electron chi connectivity index (χ3n) is 4.19. The summed E-state index contributed by atoms with van der Waals surface area (Å²) in [6, 6.07) is 3.61. The molecule has 2 atom stereocenters. The van der Waals surface area contributed by atoms with Gasteiger partial charge >= 0.3 is 0 Å². The summed E-state index contributed by atoms with van der Waals surface area (Å²) in [7, 11) is 1.61. The zero-order valence-corrected chi connectivity index (χ0v) is 13.8. The summed E-state index contributed by atoms with van der Waals surface area (Å²) in [6.45, 7) is 4.02. The molecule has 0 unspecified atom stereocenters. The van der Waals surface area contributed by atoms with Crippen LogP contribution < -0.4 is 0 Å². The second-order valence-corrected chi connectivity index (χ2v) is 6.17. The average Bonchev–Trinajstić information content (AvgIpc) is 2.94. The molecule has 1 amide bonds.